The van der Waals surface area contributed by atoms with Crippen LogP contribution in [0.1, 0.15) is 23.5 Å². The molecule has 3 atom stereocenters. The fourth-order valence-electron chi connectivity index (χ4n) is 4.35. The SMILES string of the molecule is O=C1C=C[C@H]2[C@@H](c3cccc4c3OCO4)C[C@H]1N2Cc1ccccc1. The van der Waals surface area contributed by atoms with E-state index in [1.54, 1.807) is 6.08 Å². The summed E-state index contributed by atoms with van der Waals surface area (Å²) in [5.41, 5.74) is 2.39. The molecule has 0 saturated carbocycles. The molecule has 3 heterocycles. The van der Waals surface area contributed by atoms with Gasteiger partial charge in [-0.25, -0.2) is 0 Å². The highest BCUT2D eigenvalue weighted by molar-refractivity contribution is 5.96. The number of fused-ring (bicyclic) bond motifs is 3. The highest BCUT2D eigenvalue weighted by atomic mass is 16.7. The van der Waals surface area contributed by atoms with Crippen molar-refractivity contribution in [2.45, 2.75) is 31.0 Å². The first-order valence-corrected chi connectivity index (χ1v) is 8.71. The number of ketones is 1. The molecule has 5 rings (SSSR count). The quantitative estimate of drug-likeness (QED) is 0.864. The number of benzene rings is 2. The van der Waals surface area contributed by atoms with Gasteiger partial charge in [-0.05, 0) is 24.1 Å². The number of carbonyl (C=O) groups excluding carboxylic acids is 1. The van der Waals surface area contributed by atoms with E-state index in [9.17, 15) is 4.79 Å². The van der Waals surface area contributed by atoms with Gasteiger partial charge in [0.1, 0.15) is 0 Å². The van der Waals surface area contributed by atoms with Crippen molar-refractivity contribution in [3.8, 4) is 11.5 Å². The fraction of sp³-hybridized carbons (Fsp3) is 0.286. The minimum absolute atomic E-state index is 0.0571. The Kier molecular flexibility index (Phi) is 3.38. The van der Waals surface area contributed by atoms with Crippen molar-refractivity contribution in [2.75, 3.05) is 6.79 Å². The van der Waals surface area contributed by atoms with Crippen molar-refractivity contribution in [3.05, 3.63) is 71.8 Å². The Morgan fingerprint density at radius 1 is 1.04 bits per heavy atom. The molecule has 25 heavy (non-hydrogen) atoms. The standard InChI is InChI=1S/C21H19NO3/c23-19-10-9-17-16(15-7-4-8-20-21(15)25-13-24-20)11-18(19)22(17)12-14-5-2-1-3-6-14/h1-10,16-18H,11-13H2/t16-,17+,18-/m1/s1. The van der Waals surface area contributed by atoms with Gasteiger partial charge in [0, 0.05) is 24.1 Å². The van der Waals surface area contributed by atoms with Gasteiger partial charge in [-0.2, -0.15) is 0 Å². The van der Waals surface area contributed by atoms with Gasteiger partial charge < -0.3 is 9.47 Å². The Hall–Kier alpha value is -2.59. The molecule has 0 amide bonds. The third-order valence-electron chi connectivity index (χ3n) is 5.49. The van der Waals surface area contributed by atoms with E-state index in [4.69, 9.17) is 9.47 Å². The second kappa shape index (κ2) is 5.74. The van der Waals surface area contributed by atoms with Gasteiger partial charge in [0.25, 0.3) is 0 Å². The molecule has 2 aromatic carbocycles. The lowest BCUT2D eigenvalue weighted by atomic mass is 9.90. The van der Waals surface area contributed by atoms with Gasteiger partial charge in [-0.3, -0.25) is 9.69 Å². The van der Waals surface area contributed by atoms with Crippen LogP contribution in [-0.2, 0) is 11.3 Å². The van der Waals surface area contributed by atoms with Crippen LogP contribution in [0.15, 0.2) is 60.7 Å². The Bertz CT molecular complexity index is 845. The van der Waals surface area contributed by atoms with Crippen molar-refractivity contribution in [3.63, 3.8) is 0 Å². The lowest BCUT2D eigenvalue weighted by Gasteiger charge is -2.31. The van der Waals surface area contributed by atoms with Crippen LogP contribution in [0.25, 0.3) is 0 Å². The average Bonchev–Trinajstić information content (AvgIpc) is 3.21. The third-order valence-corrected chi connectivity index (χ3v) is 5.49. The van der Waals surface area contributed by atoms with Crippen molar-refractivity contribution in [1.29, 1.82) is 0 Å². The molecule has 0 aliphatic carbocycles. The summed E-state index contributed by atoms with van der Waals surface area (Å²) in [5.74, 6) is 2.11. The van der Waals surface area contributed by atoms with Gasteiger partial charge in [0.2, 0.25) is 6.79 Å². The minimum Gasteiger partial charge on any atom is -0.454 e. The summed E-state index contributed by atoms with van der Waals surface area (Å²) in [6, 6.07) is 16.6. The average molecular weight is 333 g/mol. The molecule has 1 saturated heterocycles. The second-order valence-electron chi connectivity index (χ2n) is 6.85. The topological polar surface area (TPSA) is 38.8 Å². The highest BCUT2D eigenvalue weighted by Crippen LogP contribution is 2.48. The second-order valence-corrected chi connectivity index (χ2v) is 6.85. The predicted octanol–water partition coefficient (Wildman–Crippen LogP) is 3.28. The maximum Gasteiger partial charge on any atom is 0.231 e. The first-order valence-electron chi connectivity index (χ1n) is 8.71. The summed E-state index contributed by atoms with van der Waals surface area (Å²) < 4.78 is 11.3. The van der Waals surface area contributed by atoms with E-state index in [1.165, 1.54) is 5.56 Å². The molecule has 0 aromatic heterocycles. The zero-order valence-electron chi connectivity index (χ0n) is 13.8. The van der Waals surface area contributed by atoms with Gasteiger partial charge in [-0.1, -0.05) is 48.5 Å². The minimum atomic E-state index is -0.0571. The number of rotatable bonds is 3. The third kappa shape index (κ3) is 2.36. The molecule has 0 spiro atoms. The molecule has 4 heteroatoms. The molecule has 3 aliphatic rings. The zero-order valence-corrected chi connectivity index (χ0v) is 13.8. The summed E-state index contributed by atoms with van der Waals surface area (Å²) in [6.07, 6.45) is 4.65. The molecule has 3 aliphatic heterocycles. The van der Waals surface area contributed by atoms with E-state index >= 15 is 0 Å². The van der Waals surface area contributed by atoms with Crippen molar-refractivity contribution in [2.24, 2.45) is 0 Å². The van der Waals surface area contributed by atoms with Gasteiger partial charge in [-0.15, -0.1) is 0 Å². The largest absolute Gasteiger partial charge is 0.454 e. The first-order chi connectivity index (χ1) is 12.3. The predicted molar refractivity (Wildman–Crippen MR) is 93.6 cm³/mol. The summed E-state index contributed by atoms with van der Waals surface area (Å²) in [7, 11) is 0. The monoisotopic (exact) mass is 333 g/mol. The zero-order chi connectivity index (χ0) is 16.8. The Balaban J connectivity index is 1.51. The number of para-hydroxylation sites is 1. The number of hydrogen-bond donors (Lipinski definition) is 0. The first kappa shape index (κ1) is 14.7. The lowest BCUT2D eigenvalue weighted by Crippen LogP contribution is -2.42. The summed E-state index contributed by atoms with van der Waals surface area (Å²) in [4.78, 5) is 14.8. The molecule has 0 radical (unpaired) electrons. The van der Waals surface area contributed by atoms with E-state index in [1.807, 2.05) is 30.3 Å². The van der Waals surface area contributed by atoms with Gasteiger partial charge in [0.15, 0.2) is 17.3 Å². The van der Waals surface area contributed by atoms with E-state index < -0.39 is 0 Å². The molecular formula is C21H19NO3. The smallest absolute Gasteiger partial charge is 0.231 e. The van der Waals surface area contributed by atoms with E-state index in [0.717, 1.165) is 30.0 Å². The number of hydrogen-bond acceptors (Lipinski definition) is 4. The van der Waals surface area contributed by atoms with Crippen LogP contribution >= 0.6 is 0 Å². The van der Waals surface area contributed by atoms with Crippen molar-refractivity contribution in [1.82, 2.24) is 4.90 Å². The maximum absolute atomic E-state index is 12.5. The fourth-order valence-corrected chi connectivity index (χ4v) is 4.35. The number of carbonyl (C=O) groups is 1. The van der Waals surface area contributed by atoms with E-state index in [2.05, 4.69) is 29.2 Å². The summed E-state index contributed by atoms with van der Waals surface area (Å²) in [6.45, 7) is 1.06. The highest BCUT2D eigenvalue weighted by Gasteiger charge is 2.46. The number of nitrogens with zero attached hydrogens (tertiary/aromatic N) is 1. The number of ether oxygens (including phenoxy) is 2. The van der Waals surface area contributed by atoms with Crippen LogP contribution < -0.4 is 9.47 Å². The van der Waals surface area contributed by atoms with Crippen LogP contribution in [0.3, 0.4) is 0 Å². The van der Waals surface area contributed by atoms with E-state index in [0.29, 0.717) is 0 Å². The molecule has 2 aromatic rings. The molecular weight excluding hydrogens is 314 g/mol. The molecule has 0 N–H and O–H groups in total. The lowest BCUT2D eigenvalue weighted by molar-refractivity contribution is -0.119. The Labute approximate surface area is 146 Å². The summed E-state index contributed by atoms with van der Waals surface area (Å²) >= 11 is 0. The maximum atomic E-state index is 12.5. The van der Waals surface area contributed by atoms with Crippen molar-refractivity contribution < 1.29 is 14.3 Å². The van der Waals surface area contributed by atoms with E-state index in [-0.39, 0.29) is 30.6 Å². The molecule has 0 unspecified atom stereocenters. The normalized spacial score (nSPS) is 27.0. The van der Waals surface area contributed by atoms with Crippen LogP contribution in [0.2, 0.25) is 0 Å². The van der Waals surface area contributed by atoms with Crippen LogP contribution in [-0.4, -0.2) is 29.6 Å². The Morgan fingerprint density at radius 3 is 2.80 bits per heavy atom. The van der Waals surface area contributed by atoms with Crippen LogP contribution in [0.4, 0.5) is 0 Å². The molecule has 1 fully saturated rings. The van der Waals surface area contributed by atoms with Crippen LogP contribution in [0.5, 0.6) is 11.5 Å². The van der Waals surface area contributed by atoms with Gasteiger partial charge >= 0.3 is 0 Å². The Morgan fingerprint density at radius 2 is 1.92 bits per heavy atom. The summed E-state index contributed by atoms with van der Waals surface area (Å²) in [5, 5.41) is 0. The molecule has 126 valence electrons. The molecule has 2 bridgehead atoms. The van der Waals surface area contributed by atoms with Crippen molar-refractivity contribution >= 4 is 5.78 Å². The molecule has 4 nitrogen and oxygen atoms in total. The van der Waals surface area contributed by atoms with Crippen LogP contribution in [0, 0.1) is 0 Å². The van der Waals surface area contributed by atoms with Gasteiger partial charge in [0.05, 0.1) is 6.04 Å².